The number of para-hydroxylation sites is 1. The molecule has 0 saturated heterocycles. The third-order valence-corrected chi connectivity index (χ3v) is 8.96. The number of ether oxygens (including phenoxy) is 1. The Bertz CT molecular complexity index is 401. The van der Waals surface area contributed by atoms with Crippen LogP contribution in [0.25, 0.3) is 0 Å². The van der Waals surface area contributed by atoms with Gasteiger partial charge in [0.15, 0.2) is 5.75 Å². The first-order valence-electron chi connectivity index (χ1n) is 8.02. The van der Waals surface area contributed by atoms with Crippen molar-refractivity contribution < 1.29 is 22.9 Å². The molecule has 1 aromatic rings. The molecule has 2 aliphatic carbocycles. The zero-order chi connectivity index (χ0) is 15.1. The van der Waals surface area contributed by atoms with E-state index in [4.69, 9.17) is 4.74 Å². The van der Waals surface area contributed by atoms with E-state index in [0.717, 1.165) is 17.1 Å². The van der Waals surface area contributed by atoms with Gasteiger partial charge in [0.05, 0.1) is 18.4 Å². The van der Waals surface area contributed by atoms with Crippen molar-refractivity contribution in [3.63, 3.8) is 0 Å². The fourth-order valence-electron chi connectivity index (χ4n) is 4.13. The van der Waals surface area contributed by atoms with Crippen molar-refractivity contribution in [2.75, 3.05) is 7.11 Å². The number of rotatable bonds is 4. The first-order valence-corrected chi connectivity index (χ1v) is 11.7. The summed E-state index contributed by atoms with van der Waals surface area (Å²) in [5.41, 5.74) is 2.01. The van der Waals surface area contributed by atoms with Gasteiger partial charge in [0.2, 0.25) is 0 Å². The van der Waals surface area contributed by atoms with E-state index in [2.05, 4.69) is 52.0 Å². The number of hydrogen-bond acceptors (Lipinski definition) is 1. The maximum atomic E-state index is 5.67. The van der Waals surface area contributed by atoms with Crippen LogP contribution in [0.4, 0.5) is 0 Å². The molecule has 0 bridgehead atoms. The molecule has 0 unspecified atom stereocenters. The Balaban J connectivity index is 0.000000775. The van der Waals surface area contributed by atoms with Crippen LogP contribution in [-0.2, 0) is 18.2 Å². The summed E-state index contributed by atoms with van der Waals surface area (Å²) >= 11 is 2.22. The van der Waals surface area contributed by atoms with E-state index in [1.165, 1.54) is 51.4 Å². The molecule has 0 radical (unpaired) electrons. The van der Waals surface area contributed by atoms with E-state index in [-0.39, 0.29) is 7.43 Å². The Morgan fingerprint density at radius 1 is 0.955 bits per heavy atom. The molecule has 0 heterocycles. The predicted molar refractivity (Wildman–Crippen MR) is 97.7 cm³/mol. The third kappa shape index (κ3) is 4.95. The summed E-state index contributed by atoms with van der Waals surface area (Å²) in [5.74, 6) is 1.16. The molecule has 0 aliphatic heterocycles. The Kier molecular flexibility index (Phi) is 10.3. The second-order valence-electron chi connectivity index (χ2n) is 6.12. The second kappa shape index (κ2) is 11.0. The van der Waals surface area contributed by atoms with Crippen molar-refractivity contribution >= 4 is 22.8 Å². The first-order chi connectivity index (χ1) is 10.4. The predicted octanol–water partition coefficient (Wildman–Crippen LogP) is 5.56. The van der Waals surface area contributed by atoms with Crippen LogP contribution in [0.5, 0.6) is 5.75 Å². The Hall–Kier alpha value is 0.402. The zero-order valence-corrected chi connectivity index (χ0v) is 17.0. The summed E-state index contributed by atoms with van der Waals surface area (Å²) < 4.78 is 5.67. The van der Waals surface area contributed by atoms with E-state index < -0.39 is 7.92 Å². The molecule has 22 heavy (non-hydrogen) atoms. The molecule has 128 valence electrons. The minimum atomic E-state index is -0.444. The molecule has 2 aliphatic rings. The van der Waals surface area contributed by atoms with Gasteiger partial charge in [-0.15, -0.1) is 0 Å². The Morgan fingerprint density at radius 2 is 1.41 bits per heavy atom. The van der Waals surface area contributed by atoms with Gasteiger partial charge in [-0.05, 0) is 63.5 Å². The molecule has 1 aromatic carbocycles. The molecule has 3 rings (SSSR count). The Morgan fingerprint density at radius 3 is 1.86 bits per heavy atom. The number of hydrogen-bond donors (Lipinski definition) is 0. The maximum absolute atomic E-state index is 5.67. The molecule has 0 amide bonds. The van der Waals surface area contributed by atoms with Crippen molar-refractivity contribution in [3.05, 3.63) is 31.7 Å². The van der Waals surface area contributed by atoms with Gasteiger partial charge >= 0.3 is 27.7 Å². The van der Waals surface area contributed by atoms with Crippen molar-refractivity contribution in [2.45, 2.75) is 62.7 Å². The Labute approximate surface area is 152 Å². The first kappa shape index (κ1) is 20.4. The molecule has 0 atom stereocenters. The van der Waals surface area contributed by atoms with E-state index in [0.29, 0.717) is 0 Å². The molecule has 0 aromatic heterocycles. The molecule has 2 saturated carbocycles. The van der Waals surface area contributed by atoms with Gasteiger partial charge in [0, 0.05) is 7.92 Å². The minimum absolute atomic E-state index is 0. The van der Waals surface area contributed by atoms with Crippen LogP contribution in [0.1, 0.15) is 51.4 Å². The van der Waals surface area contributed by atoms with Gasteiger partial charge < -0.3 is 12.2 Å². The molecular formula is C18H29ClOPPd+. The summed E-state index contributed by atoms with van der Waals surface area (Å²) in [7, 11) is 5.88. The summed E-state index contributed by atoms with van der Waals surface area (Å²) in [6.07, 6.45) is 11.7. The summed E-state index contributed by atoms with van der Waals surface area (Å²) in [5, 5.41) is 1.59. The molecular weight excluding hydrogens is 405 g/mol. The molecule has 4 heteroatoms. The fourth-order valence-corrected chi connectivity index (χ4v) is 8.50. The van der Waals surface area contributed by atoms with Gasteiger partial charge in [-0.25, -0.2) is 0 Å². The normalized spacial score (nSPS) is 18.8. The summed E-state index contributed by atoms with van der Waals surface area (Å²) in [4.78, 5) is 0. The fraction of sp³-hybridized carbons (Fsp3) is 0.611. The standard InChI is InChI=1S/C17H25OP.CH3.ClH.Pd/c1-18-16-12-6-7-13-17(16)19(14-8-2-3-9-14)15-10-4-5-11-15;;;/h6-7,12-15H,2-5,8-11H2,1H3;1H3;1H;/q;-1;;+2. The number of methoxy groups -OCH3 is 1. The zero-order valence-electron chi connectivity index (χ0n) is 13.7. The van der Waals surface area contributed by atoms with Crippen LogP contribution in [0.2, 0.25) is 0 Å². The van der Waals surface area contributed by atoms with Crippen molar-refractivity contribution in [1.82, 2.24) is 0 Å². The summed E-state index contributed by atoms with van der Waals surface area (Å²) in [6, 6.07) is 8.87. The third-order valence-electron chi connectivity index (χ3n) is 5.01. The van der Waals surface area contributed by atoms with Gasteiger partial charge in [0.25, 0.3) is 0 Å². The van der Waals surface area contributed by atoms with E-state index in [9.17, 15) is 0 Å². The van der Waals surface area contributed by atoms with Gasteiger partial charge in [0.1, 0.15) is 5.30 Å². The number of benzene rings is 1. The van der Waals surface area contributed by atoms with Crippen LogP contribution in [-0.4, -0.2) is 18.4 Å². The quantitative estimate of drug-likeness (QED) is 0.343. The van der Waals surface area contributed by atoms with Crippen LogP contribution >= 0.6 is 17.5 Å². The molecule has 0 spiro atoms. The average Bonchev–Trinajstić information content (AvgIpc) is 3.24. The van der Waals surface area contributed by atoms with E-state index in [1.807, 2.05) is 7.11 Å². The van der Waals surface area contributed by atoms with Gasteiger partial charge in [-0.3, -0.25) is 0 Å². The second-order valence-corrected chi connectivity index (χ2v) is 9.20. The van der Waals surface area contributed by atoms with Gasteiger partial charge in [-0.1, -0.05) is 12.1 Å². The van der Waals surface area contributed by atoms with Crippen molar-refractivity contribution in [2.24, 2.45) is 0 Å². The van der Waals surface area contributed by atoms with Crippen molar-refractivity contribution in [1.29, 1.82) is 0 Å². The van der Waals surface area contributed by atoms with Crippen LogP contribution in [0.3, 0.4) is 0 Å². The summed E-state index contributed by atoms with van der Waals surface area (Å²) in [6.45, 7) is 0. The van der Waals surface area contributed by atoms with Crippen LogP contribution in [0, 0.1) is 7.43 Å². The van der Waals surface area contributed by atoms with E-state index in [1.54, 1.807) is 5.30 Å². The molecule has 2 fully saturated rings. The van der Waals surface area contributed by atoms with Gasteiger partial charge in [-0.2, -0.15) is 0 Å². The van der Waals surface area contributed by atoms with Crippen molar-refractivity contribution in [3.8, 4) is 5.75 Å². The molecule has 0 N–H and O–H groups in total. The van der Waals surface area contributed by atoms with Crippen LogP contribution < -0.4 is 10.0 Å². The molecule has 1 nitrogen and oxygen atoms in total. The SMILES string of the molecule is COc1ccccc1[PH+](C1CCCC1)C1CCCC1.[CH3-].[Cl][Pd+]. The topological polar surface area (TPSA) is 9.23 Å². The number of halogens is 1. The monoisotopic (exact) mass is 433 g/mol. The van der Waals surface area contributed by atoms with E-state index >= 15 is 0 Å². The van der Waals surface area contributed by atoms with Crippen LogP contribution in [0.15, 0.2) is 24.3 Å². The average molecular weight is 434 g/mol.